The third kappa shape index (κ3) is 4.24. The second kappa shape index (κ2) is 7.85. The molecule has 0 amide bonds. The number of benzene rings is 1. The third-order valence-corrected chi connectivity index (χ3v) is 5.80. The van der Waals surface area contributed by atoms with Gasteiger partial charge >= 0.3 is 5.97 Å². The fourth-order valence-electron chi connectivity index (χ4n) is 3.06. The molecule has 0 spiro atoms. The van der Waals surface area contributed by atoms with Gasteiger partial charge in [0.25, 0.3) is 0 Å². The van der Waals surface area contributed by atoms with Crippen molar-refractivity contribution in [2.24, 2.45) is 0 Å². The van der Waals surface area contributed by atoms with E-state index in [0.29, 0.717) is 16.9 Å². The summed E-state index contributed by atoms with van der Waals surface area (Å²) in [6.07, 6.45) is 8.84. The molecule has 1 aliphatic rings. The van der Waals surface area contributed by atoms with E-state index in [9.17, 15) is 4.79 Å². The second-order valence-electron chi connectivity index (χ2n) is 5.70. The maximum Gasteiger partial charge on any atom is 0.338 e. The van der Waals surface area contributed by atoms with Crippen LogP contribution in [0.4, 0.5) is 0 Å². The average molecular weight is 307 g/mol. The molecule has 0 saturated heterocycles. The predicted molar refractivity (Wildman–Crippen MR) is 88.8 cm³/mol. The Bertz CT molecular complexity index is 470. The summed E-state index contributed by atoms with van der Waals surface area (Å²) < 4.78 is 5.22. The van der Waals surface area contributed by atoms with Gasteiger partial charge in [-0.15, -0.1) is 0 Å². The molecule has 1 fully saturated rings. The first-order valence-corrected chi connectivity index (χ1v) is 8.85. The molecule has 0 heterocycles. The Balaban J connectivity index is 1.95. The molecule has 1 aromatic rings. The number of methoxy groups -OCH3 is 1. The molecule has 0 bridgehead atoms. The van der Waals surface area contributed by atoms with Crippen LogP contribution in [0.5, 0.6) is 0 Å². The minimum atomic E-state index is -0.260. The zero-order valence-corrected chi connectivity index (χ0v) is 13.8. The largest absolute Gasteiger partial charge is 0.465 e. The molecule has 4 heteroatoms. The van der Waals surface area contributed by atoms with E-state index >= 15 is 0 Å². The zero-order chi connectivity index (χ0) is 15.1. The van der Waals surface area contributed by atoms with Crippen molar-refractivity contribution in [3.63, 3.8) is 0 Å². The lowest BCUT2D eigenvalue weighted by Crippen LogP contribution is -2.39. The van der Waals surface area contributed by atoms with Crippen molar-refractivity contribution in [2.75, 3.05) is 19.9 Å². The Morgan fingerprint density at radius 3 is 2.67 bits per heavy atom. The van der Waals surface area contributed by atoms with E-state index in [0.717, 1.165) is 12.1 Å². The monoisotopic (exact) mass is 307 g/mol. The molecule has 1 N–H and O–H groups in total. The van der Waals surface area contributed by atoms with E-state index in [1.807, 2.05) is 36.0 Å². The molecule has 3 nitrogen and oxygen atoms in total. The summed E-state index contributed by atoms with van der Waals surface area (Å²) in [5, 5.41) is 3.55. The van der Waals surface area contributed by atoms with E-state index in [1.54, 1.807) is 0 Å². The molecule has 2 rings (SSSR count). The van der Waals surface area contributed by atoms with Crippen LogP contribution in [0.2, 0.25) is 0 Å². The summed E-state index contributed by atoms with van der Waals surface area (Å²) in [6, 6.07) is 7.66. The summed E-state index contributed by atoms with van der Waals surface area (Å²) in [5.41, 5.74) is 1.67. The van der Waals surface area contributed by atoms with Crippen LogP contribution in [0.3, 0.4) is 0 Å². The van der Waals surface area contributed by atoms with E-state index < -0.39 is 0 Å². The first-order valence-electron chi connectivity index (χ1n) is 7.63. The standard InChI is InChI=1S/C17H25NO2S/c1-20-16(19)15-9-5-4-8-14(15)12-18-13-17(21-2)10-6-3-7-11-17/h4-5,8-9,18H,3,6-7,10-13H2,1-2H3. The molecule has 1 saturated carbocycles. The maximum atomic E-state index is 11.8. The number of esters is 1. The summed E-state index contributed by atoms with van der Waals surface area (Å²) in [6.45, 7) is 1.72. The Hall–Kier alpha value is -1.00. The number of thioether (sulfide) groups is 1. The van der Waals surface area contributed by atoms with Crippen LogP contribution in [-0.4, -0.2) is 30.6 Å². The summed E-state index contributed by atoms with van der Waals surface area (Å²) in [4.78, 5) is 11.8. The van der Waals surface area contributed by atoms with Crippen molar-refractivity contribution in [2.45, 2.75) is 43.4 Å². The Morgan fingerprint density at radius 1 is 1.29 bits per heavy atom. The number of nitrogens with one attached hydrogen (secondary N) is 1. The zero-order valence-electron chi connectivity index (χ0n) is 13.0. The molecule has 0 radical (unpaired) electrons. The predicted octanol–water partition coefficient (Wildman–Crippen LogP) is 3.63. The van der Waals surface area contributed by atoms with Gasteiger partial charge in [-0.1, -0.05) is 37.5 Å². The van der Waals surface area contributed by atoms with Crippen LogP contribution in [-0.2, 0) is 11.3 Å². The van der Waals surface area contributed by atoms with E-state index in [4.69, 9.17) is 4.74 Å². The first-order chi connectivity index (χ1) is 10.2. The minimum absolute atomic E-state index is 0.260. The number of ether oxygens (including phenoxy) is 1. The van der Waals surface area contributed by atoms with Crippen LogP contribution in [0.1, 0.15) is 48.0 Å². The molecule has 0 aliphatic heterocycles. The highest BCUT2D eigenvalue weighted by Crippen LogP contribution is 2.38. The molecule has 0 atom stereocenters. The number of carbonyl (C=O) groups is 1. The molecular weight excluding hydrogens is 282 g/mol. The van der Waals surface area contributed by atoms with Gasteiger partial charge < -0.3 is 10.1 Å². The van der Waals surface area contributed by atoms with Crippen molar-refractivity contribution in [3.05, 3.63) is 35.4 Å². The summed E-state index contributed by atoms with van der Waals surface area (Å²) in [5.74, 6) is -0.260. The van der Waals surface area contributed by atoms with Gasteiger partial charge in [0, 0.05) is 17.8 Å². The highest BCUT2D eigenvalue weighted by atomic mass is 32.2. The van der Waals surface area contributed by atoms with Crippen molar-refractivity contribution < 1.29 is 9.53 Å². The number of hydrogen-bond donors (Lipinski definition) is 1. The van der Waals surface area contributed by atoms with Gasteiger partial charge in [-0.25, -0.2) is 4.79 Å². The van der Waals surface area contributed by atoms with Crippen molar-refractivity contribution >= 4 is 17.7 Å². The van der Waals surface area contributed by atoms with Gasteiger partial charge in [0.1, 0.15) is 0 Å². The van der Waals surface area contributed by atoms with Crippen LogP contribution in [0.15, 0.2) is 24.3 Å². The van der Waals surface area contributed by atoms with Gasteiger partial charge in [0.15, 0.2) is 0 Å². The number of carbonyl (C=O) groups excluding carboxylic acids is 1. The molecule has 0 unspecified atom stereocenters. The normalized spacial score (nSPS) is 17.4. The minimum Gasteiger partial charge on any atom is -0.465 e. The van der Waals surface area contributed by atoms with E-state index in [-0.39, 0.29) is 5.97 Å². The highest BCUT2D eigenvalue weighted by Gasteiger charge is 2.30. The molecule has 0 aromatic heterocycles. The molecule has 1 aromatic carbocycles. The van der Waals surface area contributed by atoms with Gasteiger partial charge in [-0.05, 0) is 30.7 Å². The van der Waals surface area contributed by atoms with Crippen molar-refractivity contribution in [1.82, 2.24) is 5.32 Å². The molecule has 1 aliphatic carbocycles. The van der Waals surface area contributed by atoms with Gasteiger partial charge in [0.05, 0.1) is 12.7 Å². The fraction of sp³-hybridized carbons (Fsp3) is 0.588. The molecule has 116 valence electrons. The van der Waals surface area contributed by atoms with Crippen LogP contribution in [0.25, 0.3) is 0 Å². The van der Waals surface area contributed by atoms with Gasteiger partial charge in [-0.2, -0.15) is 11.8 Å². The maximum absolute atomic E-state index is 11.8. The van der Waals surface area contributed by atoms with Gasteiger partial charge in [0.2, 0.25) is 0 Å². The van der Waals surface area contributed by atoms with Crippen molar-refractivity contribution in [3.8, 4) is 0 Å². The highest BCUT2D eigenvalue weighted by molar-refractivity contribution is 8.00. The lowest BCUT2D eigenvalue weighted by atomic mass is 9.88. The Morgan fingerprint density at radius 2 is 2.00 bits per heavy atom. The third-order valence-electron chi connectivity index (χ3n) is 4.38. The van der Waals surface area contributed by atoms with E-state index in [2.05, 4.69) is 11.6 Å². The number of hydrogen-bond acceptors (Lipinski definition) is 4. The molecule has 21 heavy (non-hydrogen) atoms. The summed E-state index contributed by atoms with van der Waals surface area (Å²) in [7, 11) is 1.43. The Labute approximate surface area is 131 Å². The topological polar surface area (TPSA) is 38.3 Å². The van der Waals surface area contributed by atoms with Crippen LogP contribution in [0, 0.1) is 0 Å². The Kier molecular flexibility index (Phi) is 6.12. The summed E-state index contributed by atoms with van der Waals surface area (Å²) >= 11 is 1.99. The quantitative estimate of drug-likeness (QED) is 0.815. The second-order valence-corrected chi connectivity index (χ2v) is 6.97. The van der Waals surface area contributed by atoms with Crippen LogP contribution < -0.4 is 5.32 Å². The fourth-order valence-corrected chi connectivity index (χ4v) is 4.00. The van der Waals surface area contributed by atoms with Gasteiger partial charge in [-0.3, -0.25) is 0 Å². The number of rotatable bonds is 6. The van der Waals surface area contributed by atoms with Crippen LogP contribution >= 0.6 is 11.8 Å². The molecular formula is C17H25NO2S. The van der Waals surface area contributed by atoms with E-state index in [1.165, 1.54) is 39.2 Å². The lowest BCUT2D eigenvalue weighted by Gasteiger charge is -2.36. The smallest absolute Gasteiger partial charge is 0.338 e. The lowest BCUT2D eigenvalue weighted by molar-refractivity contribution is 0.0599. The first kappa shape index (κ1) is 16.4. The van der Waals surface area contributed by atoms with Crippen molar-refractivity contribution in [1.29, 1.82) is 0 Å². The SMILES string of the molecule is COC(=O)c1ccccc1CNCC1(SC)CCCCC1. The average Bonchev–Trinajstić information content (AvgIpc) is 2.55.